The van der Waals surface area contributed by atoms with Gasteiger partial charge in [0.15, 0.2) is 0 Å². The van der Waals surface area contributed by atoms with E-state index >= 15 is 0 Å². The summed E-state index contributed by atoms with van der Waals surface area (Å²) >= 11 is 0. The first kappa shape index (κ1) is 17.1. The Labute approximate surface area is 132 Å². The van der Waals surface area contributed by atoms with Crippen LogP contribution in [0.2, 0.25) is 0 Å². The number of rotatable bonds is 5. The zero-order valence-electron chi connectivity index (χ0n) is 12.4. The lowest BCUT2D eigenvalue weighted by Crippen LogP contribution is -2.41. The molecule has 2 rings (SSSR count). The van der Waals surface area contributed by atoms with E-state index in [1.165, 1.54) is 4.90 Å². The summed E-state index contributed by atoms with van der Waals surface area (Å²) in [4.78, 5) is 13.1. The van der Waals surface area contributed by atoms with Crippen LogP contribution in [0.25, 0.3) is 0 Å². The molecule has 0 saturated carbocycles. The molecule has 1 aliphatic heterocycles. The maximum atomic E-state index is 12.3. The van der Waals surface area contributed by atoms with Gasteiger partial charge in [0.1, 0.15) is 0 Å². The molecule has 1 atom stereocenters. The minimum atomic E-state index is -4.21. The van der Waals surface area contributed by atoms with E-state index in [2.05, 4.69) is 10.6 Å². The van der Waals surface area contributed by atoms with E-state index in [9.17, 15) is 18.0 Å². The third kappa shape index (κ3) is 5.79. The number of alkyl halides is 3. The molecule has 2 N–H and O–H groups in total. The zero-order chi connectivity index (χ0) is 16.9. The van der Waals surface area contributed by atoms with E-state index in [0.29, 0.717) is 24.2 Å². The largest absolute Gasteiger partial charge is 0.401 e. The molecular formula is C15H17F3N4O. The monoisotopic (exact) mass is 326 g/mol. The van der Waals surface area contributed by atoms with Crippen LogP contribution in [0, 0.1) is 11.3 Å². The smallest absolute Gasteiger partial charge is 0.376 e. The molecule has 8 heteroatoms. The maximum absolute atomic E-state index is 12.3. The van der Waals surface area contributed by atoms with Gasteiger partial charge in [0.25, 0.3) is 0 Å². The molecule has 1 aromatic carbocycles. The summed E-state index contributed by atoms with van der Waals surface area (Å²) in [5.74, 6) is -0.270. The van der Waals surface area contributed by atoms with E-state index in [4.69, 9.17) is 5.26 Å². The predicted octanol–water partition coefficient (Wildman–Crippen LogP) is 1.72. The highest BCUT2D eigenvalue weighted by Crippen LogP contribution is 2.19. The molecular weight excluding hydrogens is 309 g/mol. The van der Waals surface area contributed by atoms with Gasteiger partial charge in [-0.15, -0.1) is 0 Å². The van der Waals surface area contributed by atoms with Crippen molar-refractivity contribution in [2.75, 3.05) is 31.5 Å². The van der Waals surface area contributed by atoms with Gasteiger partial charge in [-0.25, -0.2) is 0 Å². The van der Waals surface area contributed by atoms with Gasteiger partial charge in [0.2, 0.25) is 5.91 Å². The second kappa shape index (κ2) is 7.33. The minimum Gasteiger partial charge on any atom is -0.376 e. The topological polar surface area (TPSA) is 68.2 Å². The summed E-state index contributed by atoms with van der Waals surface area (Å²) in [5, 5.41) is 14.3. The molecule has 1 aromatic rings. The Morgan fingerprint density at radius 3 is 2.65 bits per heavy atom. The van der Waals surface area contributed by atoms with Crippen LogP contribution in [-0.2, 0) is 4.79 Å². The molecule has 0 unspecified atom stereocenters. The van der Waals surface area contributed by atoms with Crippen LogP contribution < -0.4 is 10.6 Å². The van der Waals surface area contributed by atoms with Gasteiger partial charge in [0, 0.05) is 24.8 Å². The molecule has 0 radical (unpaired) electrons. The van der Waals surface area contributed by atoms with Crippen LogP contribution >= 0.6 is 0 Å². The highest BCUT2D eigenvalue weighted by atomic mass is 19.4. The van der Waals surface area contributed by atoms with Crippen molar-refractivity contribution in [1.29, 1.82) is 5.26 Å². The van der Waals surface area contributed by atoms with Crippen molar-refractivity contribution in [3.8, 4) is 6.07 Å². The maximum Gasteiger partial charge on any atom is 0.401 e. The van der Waals surface area contributed by atoms with Crippen molar-refractivity contribution in [2.24, 2.45) is 0 Å². The summed E-state index contributed by atoms with van der Waals surface area (Å²) in [7, 11) is 0. The van der Waals surface area contributed by atoms with Crippen molar-refractivity contribution < 1.29 is 18.0 Å². The molecule has 1 fully saturated rings. The molecule has 1 aliphatic rings. The van der Waals surface area contributed by atoms with Gasteiger partial charge in [-0.05, 0) is 30.7 Å². The lowest BCUT2D eigenvalue weighted by atomic mass is 10.2. The van der Waals surface area contributed by atoms with Crippen LogP contribution in [0.3, 0.4) is 0 Å². The number of hydrogen-bond donors (Lipinski definition) is 2. The number of carbonyl (C=O) groups is 1. The number of nitriles is 1. The zero-order valence-corrected chi connectivity index (χ0v) is 12.4. The standard InChI is InChI=1S/C15H17F3N4O/c16-15(17,18)10-22-6-5-13(9-22)21-14(23)8-20-12-3-1-11(7-19)2-4-12/h1-4,13,20H,5-6,8-10H2,(H,21,23)/t13-/m0/s1. The van der Waals surface area contributed by atoms with Gasteiger partial charge in [-0.3, -0.25) is 9.69 Å². The number of likely N-dealkylation sites (tertiary alicyclic amines) is 1. The Balaban J connectivity index is 1.72. The Kier molecular flexibility index (Phi) is 5.45. The number of benzene rings is 1. The van der Waals surface area contributed by atoms with Gasteiger partial charge < -0.3 is 10.6 Å². The number of anilines is 1. The van der Waals surface area contributed by atoms with E-state index in [1.54, 1.807) is 24.3 Å². The second-order valence-corrected chi connectivity index (χ2v) is 5.45. The molecule has 0 spiro atoms. The Bertz CT molecular complexity index is 580. The van der Waals surface area contributed by atoms with Crippen LogP contribution in [-0.4, -0.2) is 49.2 Å². The Morgan fingerprint density at radius 2 is 2.04 bits per heavy atom. The lowest BCUT2D eigenvalue weighted by molar-refractivity contribution is -0.143. The molecule has 0 aromatic heterocycles. The Hall–Kier alpha value is -2.27. The number of nitrogens with one attached hydrogen (secondary N) is 2. The van der Waals surface area contributed by atoms with Crippen LogP contribution in [0.15, 0.2) is 24.3 Å². The highest BCUT2D eigenvalue weighted by Gasteiger charge is 2.34. The molecule has 0 bridgehead atoms. The molecule has 5 nitrogen and oxygen atoms in total. The highest BCUT2D eigenvalue weighted by molar-refractivity contribution is 5.81. The number of carbonyl (C=O) groups excluding carboxylic acids is 1. The van der Waals surface area contributed by atoms with Crippen LogP contribution in [0.4, 0.5) is 18.9 Å². The second-order valence-electron chi connectivity index (χ2n) is 5.45. The number of amides is 1. The number of hydrogen-bond acceptors (Lipinski definition) is 4. The summed E-state index contributed by atoms with van der Waals surface area (Å²) in [6.07, 6.45) is -3.70. The molecule has 124 valence electrons. The summed E-state index contributed by atoms with van der Waals surface area (Å²) < 4.78 is 36.9. The first-order valence-electron chi connectivity index (χ1n) is 7.18. The molecule has 1 amide bonds. The summed E-state index contributed by atoms with van der Waals surface area (Å²) in [6, 6.07) is 8.38. The Morgan fingerprint density at radius 1 is 1.35 bits per heavy atom. The van der Waals surface area contributed by atoms with Crippen LogP contribution in [0.1, 0.15) is 12.0 Å². The SMILES string of the molecule is N#Cc1ccc(NCC(=O)N[C@H]2CCN(CC(F)(F)F)C2)cc1. The van der Waals surface area contributed by atoms with E-state index in [0.717, 1.165) is 0 Å². The number of halogens is 3. The fourth-order valence-electron chi connectivity index (χ4n) is 2.47. The van der Waals surface area contributed by atoms with Gasteiger partial charge in [-0.1, -0.05) is 0 Å². The third-order valence-electron chi connectivity index (χ3n) is 3.51. The van der Waals surface area contributed by atoms with Gasteiger partial charge >= 0.3 is 6.18 Å². The number of nitrogens with zero attached hydrogens (tertiary/aromatic N) is 2. The van der Waals surface area contributed by atoms with Crippen molar-refractivity contribution in [2.45, 2.75) is 18.6 Å². The van der Waals surface area contributed by atoms with Crippen molar-refractivity contribution >= 4 is 11.6 Å². The third-order valence-corrected chi connectivity index (χ3v) is 3.51. The summed E-state index contributed by atoms with van der Waals surface area (Å²) in [5.41, 5.74) is 1.22. The normalized spacial score (nSPS) is 18.4. The lowest BCUT2D eigenvalue weighted by Gasteiger charge is -2.18. The quantitative estimate of drug-likeness (QED) is 0.865. The van der Waals surface area contributed by atoms with Gasteiger partial charge in [-0.2, -0.15) is 18.4 Å². The first-order valence-corrected chi connectivity index (χ1v) is 7.18. The van der Waals surface area contributed by atoms with E-state index in [1.807, 2.05) is 6.07 Å². The average molecular weight is 326 g/mol. The molecule has 0 aliphatic carbocycles. The first-order chi connectivity index (χ1) is 10.9. The molecule has 1 heterocycles. The minimum absolute atomic E-state index is 0.0294. The van der Waals surface area contributed by atoms with Crippen molar-refractivity contribution in [3.63, 3.8) is 0 Å². The van der Waals surface area contributed by atoms with E-state index < -0.39 is 12.7 Å². The average Bonchev–Trinajstić information content (AvgIpc) is 2.90. The predicted molar refractivity (Wildman–Crippen MR) is 78.7 cm³/mol. The van der Waals surface area contributed by atoms with E-state index in [-0.39, 0.29) is 25.0 Å². The fourth-order valence-corrected chi connectivity index (χ4v) is 2.47. The van der Waals surface area contributed by atoms with Crippen LogP contribution in [0.5, 0.6) is 0 Å². The van der Waals surface area contributed by atoms with Crippen molar-refractivity contribution in [1.82, 2.24) is 10.2 Å². The van der Waals surface area contributed by atoms with Crippen molar-refractivity contribution in [3.05, 3.63) is 29.8 Å². The fraction of sp³-hybridized carbons (Fsp3) is 0.467. The molecule has 23 heavy (non-hydrogen) atoms. The summed E-state index contributed by atoms with van der Waals surface area (Å²) in [6.45, 7) is -0.375. The molecule has 1 saturated heterocycles. The van der Waals surface area contributed by atoms with Gasteiger partial charge in [0.05, 0.1) is 24.7 Å².